The van der Waals surface area contributed by atoms with Gasteiger partial charge in [-0.15, -0.1) is 0 Å². The van der Waals surface area contributed by atoms with Crippen molar-refractivity contribution in [3.63, 3.8) is 0 Å². The fourth-order valence-corrected chi connectivity index (χ4v) is 2.78. The summed E-state index contributed by atoms with van der Waals surface area (Å²) in [7, 11) is -3.30. The summed E-state index contributed by atoms with van der Waals surface area (Å²) in [6.07, 6.45) is 2.13. The number of carboxylic acid groups (broad SMARTS) is 1. The Kier molecular flexibility index (Phi) is 5.30. The van der Waals surface area contributed by atoms with Crippen LogP contribution in [0.1, 0.15) is 25.8 Å². The lowest BCUT2D eigenvalue weighted by Crippen LogP contribution is -2.05. The van der Waals surface area contributed by atoms with Gasteiger partial charge in [0.1, 0.15) is 0 Å². The molecule has 5 heteroatoms. The molecule has 0 aromatic heterocycles. The summed E-state index contributed by atoms with van der Waals surface area (Å²) >= 11 is 0. The lowest BCUT2D eigenvalue weighted by molar-refractivity contribution is -0.136. The molecule has 1 N–H and O–H groups in total. The molecule has 0 spiro atoms. The Labute approximate surface area is 113 Å². The molecule has 0 heterocycles. The summed E-state index contributed by atoms with van der Waals surface area (Å²) in [4.78, 5) is 10.7. The number of allylic oxidation sites excluding steroid dienone is 1. The number of hydrogen-bond acceptors (Lipinski definition) is 3. The molecule has 0 aliphatic carbocycles. The fourth-order valence-electron chi connectivity index (χ4n) is 1.49. The topological polar surface area (TPSA) is 71.4 Å². The van der Waals surface area contributed by atoms with Crippen molar-refractivity contribution in [3.05, 3.63) is 41.5 Å². The number of carboxylic acids is 1. The number of aryl methyl sites for hydroxylation is 1. The van der Waals surface area contributed by atoms with Gasteiger partial charge < -0.3 is 5.11 Å². The van der Waals surface area contributed by atoms with Crippen molar-refractivity contribution in [2.24, 2.45) is 0 Å². The second kappa shape index (κ2) is 6.52. The van der Waals surface area contributed by atoms with Crippen LogP contribution in [0.4, 0.5) is 0 Å². The molecule has 0 amide bonds. The van der Waals surface area contributed by atoms with Crippen LogP contribution in [0.5, 0.6) is 0 Å². The molecular weight excluding hydrogens is 264 g/mol. The lowest BCUT2D eigenvalue weighted by atomic mass is 10.1. The highest BCUT2D eigenvalue weighted by atomic mass is 32.2. The number of aliphatic carboxylic acids is 1. The van der Waals surface area contributed by atoms with Crippen LogP contribution in [0.3, 0.4) is 0 Å². The first-order chi connectivity index (χ1) is 8.81. The molecule has 1 aromatic carbocycles. The van der Waals surface area contributed by atoms with E-state index in [2.05, 4.69) is 0 Å². The monoisotopic (exact) mass is 282 g/mol. The minimum atomic E-state index is -3.30. The second-order valence-corrected chi connectivity index (χ2v) is 6.63. The molecule has 0 saturated heterocycles. The standard InChI is InChI=1S/C14H18O4S/c1-11(2)9-10-19(17,18)13-6-3-12(4-7-13)5-8-14(15)16/h3-4,6-7,9H,5,8,10H2,1-2H3,(H,15,16). The smallest absolute Gasteiger partial charge is 0.303 e. The molecule has 1 aromatic rings. The molecule has 19 heavy (non-hydrogen) atoms. The van der Waals surface area contributed by atoms with E-state index in [1.807, 2.05) is 13.8 Å². The van der Waals surface area contributed by atoms with E-state index < -0.39 is 15.8 Å². The van der Waals surface area contributed by atoms with Crippen molar-refractivity contribution >= 4 is 15.8 Å². The maximum atomic E-state index is 12.0. The van der Waals surface area contributed by atoms with Crippen LogP contribution < -0.4 is 0 Å². The Morgan fingerprint density at radius 3 is 2.26 bits per heavy atom. The zero-order valence-corrected chi connectivity index (χ0v) is 11.9. The van der Waals surface area contributed by atoms with E-state index in [0.717, 1.165) is 11.1 Å². The third kappa shape index (κ3) is 5.26. The minimum Gasteiger partial charge on any atom is -0.481 e. The Bertz CT molecular complexity index is 564. The maximum Gasteiger partial charge on any atom is 0.303 e. The van der Waals surface area contributed by atoms with Crippen molar-refractivity contribution in [2.45, 2.75) is 31.6 Å². The second-order valence-electron chi connectivity index (χ2n) is 4.60. The van der Waals surface area contributed by atoms with E-state index in [1.165, 1.54) is 12.1 Å². The van der Waals surface area contributed by atoms with Gasteiger partial charge in [-0.25, -0.2) is 8.42 Å². The van der Waals surface area contributed by atoms with Gasteiger partial charge in [0.05, 0.1) is 10.6 Å². The van der Waals surface area contributed by atoms with E-state index in [4.69, 9.17) is 5.11 Å². The summed E-state index contributed by atoms with van der Waals surface area (Å²) in [6.45, 7) is 3.70. The van der Waals surface area contributed by atoms with Gasteiger partial charge in [-0.2, -0.15) is 0 Å². The van der Waals surface area contributed by atoms with Gasteiger partial charge in [-0.3, -0.25) is 4.79 Å². The Balaban J connectivity index is 2.80. The molecular formula is C14H18O4S. The third-order valence-electron chi connectivity index (χ3n) is 2.62. The van der Waals surface area contributed by atoms with Crippen molar-refractivity contribution in [1.29, 1.82) is 0 Å². The van der Waals surface area contributed by atoms with Crippen LogP contribution in [0, 0.1) is 0 Å². The molecule has 0 fully saturated rings. The van der Waals surface area contributed by atoms with Crippen LogP contribution in [0.25, 0.3) is 0 Å². The van der Waals surface area contributed by atoms with Gasteiger partial charge in [0.15, 0.2) is 9.84 Å². The average molecular weight is 282 g/mol. The van der Waals surface area contributed by atoms with E-state index in [-0.39, 0.29) is 17.1 Å². The van der Waals surface area contributed by atoms with Gasteiger partial charge >= 0.3 is 5.97 Å². The highest BCUT2D eigenvalue weighted by Crippen LogP contribution is 2.14. The van der Waals surface area contributed by atoms with Crippen LogP contribution in [-0.4, -0.2) is 25.2 Å². The van der Waals surface area contributed by atoms with Crippen LogP contribution in [-0.2, 0) is 21.1 Å². The first-order valence-electron chi connectivity index (χ1n) is 5.98. The molecule has 0 aliphatic rings. The van der Waals surface area contributed by atoms with Gasteiger partial charge in [-0.05, 0) is 38.0 Å². The zero-order valence-electron chi connectivity index (χ0n) is 11.1. The number of carbonyl (C=O) groups is 1. The van der Waals surface area contributed by atoms with E-state index in [9.17, 15) is 13.2 Å². The molecule has 0 aliphatic heterocycles. The first kappa shape index (κ1) is 15.4. The average Bonchev–Trinajstić information content (AvgIpc) is 2.34. The quantitative estimate of drug-likeness (QED) is 0.813. The van der Waals surface area contributed by atoms with Crippen LogP contribution >= 0.6 is 0 Å². The van der Waals surface area contributed by atoms with Gasteiger partial charge in [-0.1, -0.05) is 23.8 Å². The third-order valence-corrected chi connectivity index (χ3v) is 4.22. The molecule has 0 unspecified atom stereocenters. The van der Waals surface area contributed by atoms with E-state index in [0.29, 0.717) is 6.42 Å². The van der Waals surface area contributed by atoms with Gasteiger partial charge in [0.25, 0.3) is 0 Å². The Morgan fingerprint density at radius 1 is 1.21 bits per heavy atom. The van der Waals surface area contributed by atoms with Crippen molar-refractivity contribution < 1.29 is 18.3 Å². The van der Waals surface area contributed by atoms with Crippen LogP contribution in [0.2, 0.25) is 0 Å². The maximum absolute atomic E-state index is 12.0. The van der Waals surface area contributed by atoms with Gasteiger partial charge in [0.2, 0.25) is 0 Å². The molecule has 104 valence electrons. The Hall–Kier alpha value is -1.62. The molecule has 0 bridgehead atoms. The van der Waals surface area contributed by atoms with Crippen LogP contribution in [0.15, 0.2) is 40.8 Å². The van der Waals surface area contributed by atoms with Crippen molar-refractivity contribution in [2.75, 3.05) is 5.75 Å². The summed E-state index contributed by atoms with van der Waals surface area (Å²) in [5.74, 6) is -0.871. The Morgan fingerprint density at radius 2 is 1.79 bits per heavy atom. The zero-order chi connectivity index (χ0) is 14.5. The van der Waals surface area contributed by atoms with E-state index in [1.54, 1.807) is 18.2 Å². The largest absolute Gasteiger partial charge is 0.481 e. The number of benzene rings is 1. The summed E-state index contributed by atoms with van der Waals surface area (Å²) in [5, 5.41) is 8.58. The molecule has 0 atom stereocenters. The fraction of sp³-hybridized carbons (Fsp3) is 0.357. The number of sulfone groups is 1. The first-order valence-corrected chi connectivity index (χ1v) is 7.63. The summed E-state index contributed by atoms with van der Waals surface area (Å²) < 4.78 is 24.0. The summed E-state index contributed by atoms with van der Waals surface area (Å²) in [5.41, 5.74) is 1.78. The van der Waals surface area contributed by atoms with Crippen molar-refractivity contribution in [1.82, 2.24) is 0 Å². The van der Waals surface area contributed by atoms with Crippen molar-refractivity contribution in [3.8, 4) is 0 Å². The number of rotatable bonds is 6. The molecule has 4 nitrogen and oxygen atoms in total. The highest BCUT2D eigenvalue weighted by Gasteiger charge is 2.12. The SMILES string of the molecule is CC(C)=CCS(=O)(=O)c1ccc(CCC(=O)O)cc1. The lowest BCUT2D eigenvalue weighted by Gasteiger charge is -2.04. The minimum absolute atomic E-state index is 0.0101. The molecule has 0 saturated carbocycles. The normalized spacial score (nSPS) is 11.1. The molecule has 0 radical (unpaired) electrons. The highest BCUT2D eigenvalue weighted by molar-refractivity contribution is 7.91. The predicted molar refractivity (Wildman–Crippen MR) is 73.9 cm³/mol. The van der Waals surface area contributed by atoms with Gasteiger partial charge in [0, 0.05) is 6.42 Å². The number of hydrogen-bond donors (Lipinski definition) is 1. The van der Waals surface area contributed by atoms with E-state index >= 15 is 0 Å². The predicted octanol–water partition coefficient (Wildman–Crippen LogP) is 2.44. The molecule has 1 rings (SSSR count). The summed E-state index contributed by atoms with van der Waals surface area (Å²) in [6, 6.07) is 6.40.